The van der Waals surface area contributed by atoms with Crippen molar-refractivity contribution in [1.29, 1.82) is 0 Å². The Balaban J connectivity index is 2.14. The zero-order valence-electron chi connectivity index (χ0n) is 10.1. The molecule has 3 N–H and O–H groups in total. The first kappa shape index (κ1) is 13.9. The van der Waals surface area contributed by atoms with Crippen LogP contribution in [-0.4, -0.2) is 13.6 Å². The fourth-order valence-corrected chi connectivity index (χ4v) is 2.95. The number of nitrogens with one attached hydrogen (secondary N) is 1. The van der Waals surface area contributed by atoms with E-state index in [1.165, 1.54) is 0 Å². The number of anilines is 2. The standard InChI is InChI=1S/C11H12BrN3O3S/c1-7-4-9(14-18-7)6-19(16,17)15-8-2-3-11(13)10(12)5-8/h2-5,15H,6,13H2,1H3. The first-order valence-electron chi connectivity index (χ1n) is 5.33. The number of benzene rings is 1. The lowest BCUT2D eigenvalue weighted by atomic mass is 10.3. The van der Waals surface area contributed by atoms with Gasteiger partial charge in [-0.1, -0.05) is 5.16 Å². The van der Waals surface area contributed by atoms with Gasteiger partial charge in [0.15, 0.2) is 0 Å². The molecule has 8 heteroatoms. The normalized spacial score (nSPS) is 11.5. The van der Waals surface area contributed by atoms with Crippen LogP contribution in [0.15, 0.2) is 33.3 Å². The topological polar surface area (TPSA) is 98.2 Å². The van der Waals surface area contributed by atoms with Gasteiger partial charge in [-0.15, -0.1) is 0 Å². The molecule has 0 saturated heterocycles. The average molecular weight is 346 g/mol. The highest BCUT2D eigenvalue weighted by Gasteiger charge is 2.15. The smallest absolute Gasteiger partial charge is 0.238 e. The van der Waals surface area contributed by atoms with Crippen LogP contribution in [0.25, 0.3) is 0 Å². The molecular formula is C11H12BrN3O3S. The lowest BCUT2D eigenvalue weighted by molar-refractivity contribution is 0.392. The molecule has 1 heterocycles. The quantitative estimate of drug-likeness (QED) is 0.828. The summed E-state index contributed by atoms with van der Waals surface area (Å²) in [6.45, 7) is 1.70. The molecule has 19 heavy (non-hydrogen) atoms. The highest BCUT2D eigenvalue weighted by molar-refractivity contribution is 9.10. The number of nitrogen functional groups attached to an aromatic ring is 1. The molecule has 6 nitrogen and oxygen atoms in total. The molecule has 0 bridgehead atoms. The van der Waals surface area contributed by atoms with Crippen molar-refractivity contribution in [2.24, 2.45) is 0 Å². The number of nitrogens with zero attached hydrogens (tertiary/aromatic N) is 1. The van der Waals surface area contributed by atoms with Crippen molar-refractivity contribution in [2.45, 2.75) is 12.7 Å². The molecule has 0 aliphatic carbocycles. The van der Waals surface area contributed by atoms with Gasteiger partial charge in [0.1, 0.15) is 17.2 Å². The number of rotatable bonds is 4. The summed E-state index contributed by atoms with van der Waals surface area (Å²) in [5.74, 6) is 0.326. The second kappa shape index (κ2) is 5.22. The number of nitrogens with two attached hydrogens (primary N) is 1. The lowest BCUT2D eigenvalue weighted by Crippen LogP contribution is -2.15. The number of halogens is 1. The van der Waals surface area contributed by atoms with E-state index in [9.17, 15) is 8.42 Å². The van der Waals surface area contributed by atoms with Gasteiger partial charge >= 0.3 is 0 Å². The summed E-state index contributed by atoms with van der Waals surface area (Å²) in [5, 5.41) is 3.65. The maximum Gasteiger partial charge on any atom is 0.238 e. The number of hydrogen-bond donors (Lipinski definition) is 2. The van der Waals surface area contributed by atoms with E-state index in [1.807, 2.05) is 0 Å². The van der Waals surface area contributed by atoms with Gasteiger partial charge in [-0.25, -0.2) is 8.42 Å². The van der Waals surface area contributed by atoms with Gasteiger partial charge in [0.25, 0.3) is 0 Å². The first-order chi connectivity index (χ1) is 8.85. The molecule has 0 saturated carbocycles. The highest BCUT2D eigenvalue weighted by Crippen LogP contribution is 2.24. The Hall–Kier alpha value is -1.54. The van der Waals surface area contributed by atoms with E-state index in [4.69, 9.17) is 10.3 Å². The summed E-state index contributed by atoms with van der Waals surface area (Å²) >= 11 is 3.24. The van der Waals surface area contributed by atoms with Crippen molar-refractivity contribution in [1.82, 2.24) is 5.16 Å². The van der Waals surface area contributed by atoms with Crippen LogP contribution in [0.1, 0.15) is 11.5 Å². The number of sulfonamides is 1. The second-order valence-corrected chi connectivity index (χ2v) is 6.60. The molecule has 0 spiro atoms. The molecule has 0 unspecified atom stereocenters. The Morgan fingerprint density at radius 2 is 2.16 bits per heavy atom. The van der Waals surface area contributed by atoms with Crippen LogP contribution >= 0.6 is 15.9 Å². The zero-order chi connectivity index (χ0) is 14.0. The van der Waals surface area contributed by atoms with Crippen LogP contribution in [0.2, 0.25) is 0 Å². The minimum Gasteiger partial charge on any atom is -0.398 e. The molecule has 0 atom stereocenters. The fraction of sp³-hybridized carbons (Fsp3) is 0.182. The monoisotopic (exact) mass is 345 g/mol. The van der Waals surface area contributed by atoms with Gasteiger partial charge in [0.05, 0.1) is 0 Å². The maximum absolute atomic E-state index is 11.9. The van der Waals surface area contributed by atoms with E-state index in [0.29, 0.717) is 27.3 Å². The molecule has 0 amide bonds. The predicted octanol–water partition coefficient (Wildman–Crippen LogP) is 2.27. The Morgan fingerprint density at radius 3 is 2.74 bits per heavy atom. The average Bonchev–Trinajstić information content (AvgIpc) is 2.68. The molecule has 2 aromatic rings. The van der Waals surface area contributed by atoms with E-state index in [1.54, 1.807) is 31.2 Å². The van der Waals surface area contributed by atoms with Gasteiger partial charge in [-0.2, -0.15) is 0 Å². The van der Waals surface area contributed by atoms with Crippen LogP contribution < -0.4 is 10.5 Å². The fourth-order valence-electron chi connectivity index (χ4n) is 1.49. The molecule has 0 aliphatic rings. The molecule has 0 aliphatic heterocycles. The molecular weight excluding hydrogens is 334 g/mol. The minimum absolute atomic E-state index is 0.244. The summed E-state index contributed by atoms with van der Waals surface area (Å²) in [6.07, 6.45) is 0. The molecule has 1 aromatic carbocycles. The van der Waals surface area contributed by atoms with Gasteiger partial charge in [0, 0.05) is 21.9 Å². The molecule has 2 rings (SSSR count). The predicted molar refractivity (Wildman–Crippen MR) is 76.0 cm³/mol. The summed E-state index contributed by atoms with van der Waals surface area (Å²) in [7, 11) is -3.54. The highest BCUT2D eigenvalue weighted by atomic mass is 79.9. The SMILES string of the molecule is Cc1cc(CS(=O)(=O)Nc2ccc(N)c(Br)c2)no1. The van der Waals surface area contributed by atoms with E-state index in [2.05, 4.69) is 25.8 Å². The van der Waals surface area contributed by atoms with Crippen molar-refractivity contribution in [3.8, 4) is 0 Å². The van der Waals surface area contributed by atoms with E-state index >= 15 is 0 Å². The first-order valence-corrected chi connectivity index (χ1v) is 7.78. The van der Waals surface area contributed by atoms with Crippen molar-refractivity contribution >= 4 is 37.3 Å². The van der Waals surface area contributed by atoms with Crippen LogP contribution in [0, 0.1) is 6.92 Å². The number of hydrogen-bond acceptors (Lipinski definition) is 5. The third kappa shape index (κ3) is 3.71. The molecule has 0 fully saturated rings. The summed E-state index contributed by atoms with van der Waals surface area (Å²) in [6, 6.07) is 6.38. The van der Waals surface area contributed by atoms with Gasteiger partial charge in [-0.3, -0.25) is 4.72 Å². The Kier molecular flexibility index (Phi) is 3.81. The maximum atomic E-state index is 11.9. The molecule has 1 aromatic heterocycles. The number of aryl methyl sites for hydroxylation is 1. The van der Waals surface area contributed by atoms with Gasteiger partial charge in [-0.05, 0) is 41.1 Å². The van der Waals surface area contributed by atoms with Crippen molar-refractivity contribution < 1.29 is 12.9 Å². The molecule has 0 radical (unpaired) electrons. The van der Waals surface area contributed by atoms with Crippen molar-refractivity contribution in [3.63, 3.8) is 0 Å². The summed E-state index contributed by atoms with van der Waals surface area (Å²) < 4.78 is 31.8. The van der Waals surface area contributed by atoms with E-state index in [0.717, 1.165) is 0 Å². The number of aromatic nitrogens is 1. The van der Waals surface area contributed by atoms with Crippen molar-refractivity contribution in [3.05, 3.63) is 40.2 Å². The van der Waals surface area contributed by atoms with Crippen molar-refractivity contribution in [2.75, 3.05) is 10.5 Å². The third-order valence-electron chi connectivity index (χ3n) is 2.29. The summed E-state index contributed by atoms with van der Waals surface area (Å²) in [4.78, 5) is 0. The van der Waals surface area contributed by atoms with Gasteiger partial charge < -0.3 is 10.3 Å². The van der Waals surface area contributed by atoms with Crippen LogP contribution in [0.3, 0.4) is 0 Å². The van der Waals surface area contributed by atoms with Gasteiger partial charge in [0.2, 0.25) is 10.0 Å². The largest absolute Gasteiger partial charge is 0.398 e. The van der Waals surface area contributed by atoms with Crippen LogP contribution in [0.4, 0.5) is 11.4 Å². The van der Waals surface area contributed by atoms with Crippen LogP contribution in [-0.2, 0) is 15.8 Å². The summed E-state index contributed by atoms with van der Waals surface area (Å²) in [5.41, 5.74) is 6.96. The van der Waals surface area contributed by atoms with Crippen LogP contribution in [0.5, 0.6) is 0 Å². The third-order valence-corrected chi connectivity index (χ3v) is 4.20. The van der Waals surface area contributed by atoms with E-state index in [-0.39, 0.29) is 5.75 Å². The Labute approximate surface area is 119 Å². The Bertz CT molecular complexity index is 697. The Morgan fingerprint density at radius 1 is 1.42 bits per heavy atom. The van der Waals surface area contributed by atoms with E-state index < -0.39 is 10.0 Å². The molecule has 102 valence electrons. The second-order valence-electron chi connectivity index (χ2n) is 4.03. The minimum atomic E-state index is -3.54. The zero-order valence-corrected chi connectivity index (χ0v) is 12.5. The lowest BCUT2D eigenvalue weighted by Gasteiger charge is -2.07.